The molecule has 2 N–H and O–H groups in total. The summed E-state index contributed by atoms with van der Waals surface area (Å²) >= 11 is 0. The maximum absolute atomic E-state index is 8.91. The third-order valence-electron chi connectivity index (χ3n) is 4.09. The van der Waals surface area contributed by atoms with Gasteiger partial charge in [-0.25, -0.2) is 0 Å². The van der Waals surface area contributed by atoms with E-state index in [0.29, 0.717) is 0 Å². The van der Waals surface area contributed by atoms with Crippen molar-refractivity contribution in [1.29, 1.82) is 0 Å². The molecule has 132 valence electrons. The summed E-state index contributed by atoms with van der Waals surface area (Å²) in [5.74, 6) is 0. The van der Waals surface area contributed by atoms with Gasteiger partial charge in [-0.3, -0.25) is 0 Å². The Hall–Kier alpha value is 1.88. The first-order chi connectivity index (χ1) is 10.3. The van der Waals surface area contributed by atoms with Crippen molar-refractivity contribution in [2.45, 2.75) is 84.0 Å². The van der Waals surface area contributed by atoms with Crippen molar-refractivity contribution in [3.8, 4) is 0 Å². The molecule has 0 aromatic heterocycles. The molecule has 0 heterocycles. The predicted molar refractivity (Wildman–Crippen MR) is 106 cm³/mol. The molecule has 0 saturated carbocycles. The molecule has 0 rings (SSSR count). The summed E-state index contributed by atoms with van der Waals surface area (Å²) in [6.07, 6.45) is 15.4. The fourth-order valence-electron chi connectivity index (χ4n) is 2.75. The molecule has 0 aromatic carbocycles. The Bertz CT molecular complexity index is 190. The standard InChI is InChI=1S/C18H39NO2.2Na.2H/c1-2-3-4-5-6-7-8-9-10-11-14-19(15-12-17-20)16-13-18-21;;;;/h20-21H,2-18H2,1H3;;;;. The van der Waals surface area contributed by atoms with E-state index in [1.807, 2.05) is 0 Å². The average Bonchev–Trinajstić information content (AvgIpc) is 2.51. The van der Waals surface area contributed by atoms with E-state index in [2.05, 4.69) is 11.8 Å². The van der Waals surface area contributed by atoms with E-state index in [-0.39, 0.29) is 72.3 Å². The summed E-state index contributed by atoms with van der Waals surface area (Å²) in [7, 11) is 0. The van der Waals surface area contributed by atoms with Gasteiger partial charge in [-0.05, 0) is 25.8 Å². The molecule has 5 heteroatoms. The zero-order valence-electron chi connectivity index (χ0n) is 14.4. The Kier molecular flexibility index (Phi) is 33.6. The quantitative estimate of drug-likeness (QED) is 0.313. The summed E-state index contributed by atoms with van der Waals surface area (Å²) in [5.41, 5.74) is 0. The van der Waals surface area contributed by atoms with Crippen LogP contribution in [0.15, 0.2) is 0 Å². The van der Waals surface area contributed by atoms with Crippen LogP contribution in [0, 0.1) is 0 Å². The molecule has 0 aliphatic carbocycles. The zero-order chi connectivity index (χ0) is 15.6. The summed E-state index contributed by atoms with van der Waals surface area (Å²) in [5, 5.41) is 17.8. The van der Waals surface area contributed by atoms with E-state index < -0.39 is 0 Å². The van der Waals surface area contributed by atoms with Gasteiger partial charge in [-0.2, -0.15) is 0 Å². The predicted octanol–water partition coefficient (Wildman–Crippen LogP) is 2.68. The van der Waals surface area contributed by atoms with Gasteiger partial charge in [0.2, 0.25) is 0 Å². The fourth-order valence-corrected chi connectivity index (χ4v) is 2.75. The average molecular weight is 350 g/mol. The second-order valence-corrected chi connectivity index (χ2v) is 6.18. The third-order valence-corrected chi connectivity index (χ3v) is 4.09. The van der Waals surface area contributed by atoms with Crippen molar-refractivity contribution in [2.24, 2.45) is 0 Å². The number of aliphatic hydroxyl groups is 2. The van der Waals surface area contributed by atoms with E-state index >= 15 is 0 Å². The van der Waals surface area contributed by atoms with E-state index in [1.165, 1.54) is 64.2 Å². The monoisotopic (exact) mass is 349 g/mol. The first kappa shape index (κ1) is 29.6. The molecule has 23 heavy (non-hydrogen) atoms. The number of rotatable bonds is 17. The van der Waals surface area contributed by atoms with Gasteiger partial charge >= 0.3 is 59.1 Å². The van der Waals surface area contributed by atoms with Gasteiger partial charge in [0.1, 0.15) is 0 Å². The normalized spacial score (nSPS) is 10.4. The Morgan fingerprint density at radius 1 is 0.522 bits per heavy atom. The van der Waals surface area contributed by atoms with Gasteiger partial charge in [-0.15, -0.1) is 0 Å². The molecule has 0 atom stereocenters. The van der Waals surface area contributed by atoms with Crippen LogP contribution in [0.2, 0.25) is 0 Å². The Labute approximate surface area is 189 Å². The Morgan fingerprint density at radius 3 is 1.26 bits per heavy atom. The molecule has 0 bridgehead atoms. The van der Waals surface area contributed by atoms with Gasteiger partial charge in [0.15, 0.2) is 0 Å². The van der Waals surface area contributed by atoms with Gasteiger partial charge in [0.25, 0.3) is 0 Å². The first-order valence-corrected chi connectivity index (χ1v) is 9.29. The van der Waals surface area contributed by atoms with Crippen LogP contribution in [0.1, 0.15) is 84.0 Å². The van der Waals surface area contributed by atoms with Crippen molar-refractivity contribution >= 4 is 59.1 Å². The number of unbranched alkanes of at least 4 members (excludes halogenated alkanes) is 9. The molecular formula is C18H41NNa2O2. The van der Waals surface area contributed by atoms with Crippen molar-refractivity contribution in [1.82, 2.24) is 4.90 Å². The van der Waals surface area contributed by atoms with Crippen LogP contribution in [-0.4, -0.2) is 107 Å². The summed E-state index contributed by atoms with van der Waals surface area (Å²) in [6.45, 7) is 5.87. The molecule has 0 fully saturated rings. The molecule has 0 aliphatic rings. The van der Waals surface area contributed by atoms with Crippen LogP contribution >= 0.6 is 0 Å². The van der Waals surface area contributed by atoms with Gasteiger partial charge in [-0.1, -0.05) is 64.7 Å². The van der Waals surface area contributed by atoms with E-state index in [4.69, 9.17) is 10.2 Å². The summed E-state index contributed by atoms with van der Waals surface area (Å²) < 4.78 is 0. The van der Waals surface area contributed by atoms with Crippen LogP contribution in [0.3, 0.4) is 0 Å². The van der Waals surface area contributed by atoms with Crippen LogP contribution in [0.4, 0.5) is 0 Å². The number of aliphatic hydroxyl groups excluding tert-OH is 2. The Balaban J connectivity index is -0.00000200. The van der Waals surface area contributed by atoms with Gasteiger partial charge < -0.3 is 15.1 Å². The molecule has 0 amide bonds. The maximum atomic E-state index is 8.91. The molecule has 0 aromatic rings. The van der Waals surface area contributed by atoms with Crippen LogP contribution < -0.4 is 0 Å². The van der Waals surface area contributed by atoms with Crippen LogP contribution in [-0.2, 0) is 0 Å². The fraction of sp³-hybridized carbons (Fsp3) is 1.00. The van der Waals surface area contributed by atoms with Crippen molar-refractivity contribution in [3.05, 3.63) is 0 Å². The SMILES string of the molecule is CCCCCCCCCCCCN(CCCO)CCCO.[NaH].[NaH]. The van der Waals surface area contributed by atoms with Crippen molar-refractivity contribution in [2.75, 3.05) is 32.8 Å². The molecule has 0 spiro atoms. The van der Waals surface area contributed by atoms with Crippen LogP contribution in [0.5, 0.6) is 0 Å². The van der Waals surface area contributed by atoms with Gasteiger partial charge in [0, 0.05) is 26.3 Å². The third kappa shape index (κ3) is 23.9. The molecular weight excluding hydrogens is 308 g/mol. The van der Waals surface area contributed by atoms with E-state index in [9.17, 15) is 0 Å². The molecule has 0 aliphatic heterocycles. The first-order valence-electron chi connectivity index (χ1n) is 9.29. The second-order valence-electron chi connectivity index (χ2n) is 6.18. The molecule has 0 saturated heterocycles. The van der Waals surface area contributed by atoms with E-state index in [1.54, 1.807) is 0 Å². The second kappa shape index (κ2) is 26.1. The zero-order valence-corrected chi connectivity index (χ0v) is 14.4. The van der Waals surface area contributed by atoms with Crippen molar-refractivity contribution < 1.29 is 10.2 Å². The molecule has 0 radical (unpaired) electrons. The van der Waals surface area contributed by atoms with Crippen LogP contribution in [0.25, 0.3) is 0 Å². The summed E-state index contributed by atoms with van der Waals surface area (Å²) in [4.78, 5) is 2.39. The van der Waals surface area contributed by atoms with Crippen molar-refractivity contribution in [3.63, 3.8) is 0 Å². The van der Waals surface area contributed by atoms with Gasteiger partial charge in [0.05, 0.1) is 0 Å². The number of hydrogen-bond donors (Lipinski definition) is 2. The topological polar surface area (TPSA) is 43.7 Å². The minimum atomic E-state index is 0. The Morgan fingerprint density at radius 2 is 0.870 bits per heavy atom. The molecule has 3 nitrogen and oxygen atoms in total. The minimum absolute atomic E-state index is 0. The number of hydrogen-bond acceptors (Lipinski definition) is 3. The molecule has 0 unspecified atom stereocenters. The summed E-state index contributed by atoms with van der Waals surface area (Å²) in [6, 6.07) is 0. The number of nitrogens with zero attached hydrogens (tertiary/aromatic N) is 1. The van der Waals surface area contributed by atoms with E-state index in [0.717, 1.165) is 32.5 Å².